The van der Waals surface area contributed by atoms with E-state index in [9.17, 15) is 4.79 Å². The number of benzene rings is 2. The molecule has 2 aromatic carbocycles. The van der Waals surface area contributed by atoms with Gasteiger partial charge in [-0.3, -0.25) is 4.79 Å². The average molecular weight is 329 g/mol. The van der Waals surface area contributed by atoms with Crippen molar-refractivity contribution in [2.45, 2.75) is 13.1 Å². The Bertz CT molecular complexity index is 654. The average Bonchev–Trinajstić information content (AvgIpc) is 2.59. The first kappa shape index (κ1) is 17.8. The van der Waals surface area contributed by atoms with Crippen LogP contribution in [0.5, 0.6) is 11.5 Å². The Morgan fingerprint density at radius 2 is 1.62 bits per heavy atom. The highest BCUT2D eigenvalue weighted by molar-refractivity contribution is 5.77. The fourth-order valence-corrected chi connectivity index (χ4v) is 2.32. The van der Waals surface area contributed by atoms with Crippen molar-refractivity contribution in [1.82, 2.24) is 5.32 Å². The molecule has 0 radical (unpaired) electrons. The third kappa shape index (κ3) is 5.59. The van der Waals surface area contributed by atoms with Crippen molar-refractivity contribution in [1.29, 1.82) is 0 Å². The Balaban J connectivity index is 1.78. The molecule has 2 aromatic rings. The SMILES string of the molecule is COc1ccccc1OCC(=O)NCc1ccc(C[NH+](C)C)cc1. The van der Waals surface area contributed by atoms with Crippen LogP contribution in [0.4, 0.5) is 0 Å². The van der Waals surface area contributed by atoms with E-state index in [4.69, 9.17) is 9.47 Å². The number of carbonyl (C=O) groups excluding carboxylic acids is 1. The molecular formula is C19H25N2O3+. The second kappa shape index (κ2) is 8.93. The maximum Gasteiger partial charge on any atom is 0.258 e. The summed E-state index contributed by atoms with van der Waals surface area (Å²) in [5.41, 5.74) is 2.35. The van der Waals surface area contributed by atoms with Crippen molar-refractivity contribution >= 4 is 5.91 Å². The molecule has 0 atom stereocenters. The fraction of sp³-hybridized carbons (Fsp3) is 0.316. The van der Waals surface area contributed by atoms with Crippen LogP contribution in [0.1, 0.15) is 11.1 Å². The highest BCUT2D eigenvalue weighted by atomic mass is 16.5. The lowest BCUT2D eigenvalue weighted by atomic mass is 10.1. The van der Waals surface area contributed by atoms with Crippen LogP contribution in [0.15, 0.2) is 48.5 Å². The monoisotopic (exact) mass is 329 g/mol. The van der Waals surface area contributed by atoms with Crippen molar-refractivity contribution in [2.24, 2.45) is 0 Å². The lowest BCUT2D eigenvalue weighted by Gasteiger charge is -2.11. The highest BCUT2D eigenvalue weighted by Crippen LogP contribution is 2.25. The van der Waals surface area contributed by atoms with Crippen molar-refractivity contribution in [3.05, 3.63) is 59.7 Å². The van der Waals surface area contributed by atoms with Gasteiger partial charge in [0.05, 0.1) is 21.2 Å². The summed E-state index contributed by atoms with van der Waals surface area (Å²) in [6.07, 6.45) is 0. The highest BCUT2D eigenvalue weighted by Gasteiger charge is 2.07. The molecule has 0 aliphatic heterocycles. The van der Waals surface area contributed by atoms with E-state index in [1.807, 2.05) is 24.3 Å². The Morgan fingerprint density at radius 1 is 1.00 bits per heavy atom. The van der Waals surface area contributed by atoms with E-state index < -0.39 is 0 Å². The number of carbonyl (C=O) groups is 1. The largest absolute Gasteiger partial charge is 0.493 e. The van der Waals surface area contributed by atoms with E-state index >= 15 is 0 Å². The molecule has 0 spiro atoms. The van der Waals surface area contributed by atoms with E-state index in [1.165, 1.54) is 10.5 Å². The van der Waals surface area contributed by atoms with Gasteiger partial charge in [0.1, 0.15) is 6.54 Å². The van der Waals surface area contributed by atoms with Crippen molar-refractivity contribution < 1.29 is 19.2 Å². The molecular weight excluding hydrogens is 304 g/mol. The molecule has 0 fully saturated rings. The van der Waals surface area contributed by atoms with Gasteiger partial charge in [-0.05, 0) is 17.7 Å². The zero-order valence-corrected chi connectivity index (χ0v) is 14.5. The summed E-state index contributed by atoms with van der Waals surface area (Å²) in [5.74, 6) is 1.01. The number of methoxy groups -OCH3 is 1. The lowest BCUT2D eigenvalue weighted by molar-refractivity contribution is -0.872. The van der Waals surface area contributed by atoms with E-state index in [0.717, 1.165) is 12.1 Å². The van der Waals surface area contributed by atoms with Crippen LogP contribution in [-0.2, 0) is 17.9 Å². The normalized spacial score (nSPS) is 10.5. The van der Waals surface area contributed by atoms with Crippen molar-refractivity contribution in [2.75, 3.05) is 27.8 Å². The van der Waals surface area contributed by atoms with Crippen LogP contribution in [-0.4, -0.2) is 33.7 Å². The number of hydrogen-bond acceptors (Lipinski definition) is 3. The number of hydrogen-bond donors (Lipinski definition) is 2. The van der Waals surface area contributed by atoms with Gasteiger partial charge in [-0.25, -0.2) is 0 Å². The van der Waals surface area contributed by atoms with Crippen molar-refractivity contribution in [3.63, 3.8) is 0 Å². The number of para-hydroxylation sites is 2. The van der Waals surface area contributed by atoms with Crippen LogP contribution < -0.4 is 19.7 Å². The van der Waals surface area contributed by atoms with Crippen molar-refractivity contribution in [3.8, 4) is 11.5 Å². The molecule has 0 saturated carbocycles. The first-order valence-corrected chi connectivity index (χ1v) is 7.98. The summed E-state index contributed by atoms with van der Waals surface area (Å²) < 4.78 is 10.7. The molecule has 5 nitrogen and oxygen atoms in total. The zero-order chi connectivity index (χ0) is 17.4. The van der Waals surface area contributed by atoms with E-state index in [1.54, 1.807) is 19.2 Å². The van der Waals surface area contributed by atoms with Crippen LogP contribution in [0.25, 0.3) is 0 Å². The van der Waals surface area contributed by atoms with Crippen LogP contribution in [0.2, 0.25) is 0 Å². The first-order valence-electron chi connectivity index (χ1n) is 7.98. The molecule has 0 saturated heterocycles. The summed E-state index contributed by atoms with van der Waals surface area (Å²) in [6.45, 7) is 1.44. The number of nitrogens with one attached hydrogen (secondary N) is 2. The standard InChI is InChI=1S/C19H24N2O3/c1-21(2)13-16-10-8-15(9-11-16)12-20-19(22)14-24-18-7-5-4-6-17(18)23-3/h4-11H,12-14H2,1-3H3,(H,20,22)/p+1. The Kier molecular flexibility index (Phi) is 6.63. The molecule has 0 heterocycles. The fourth-order valence-electron chi connectivity index (χ4n) is 2.32. The van der Waals surface area contributed by atoms with Gasteiger partial charge >= 0.3 is 0 Å². The Labute approximate surface area is 143 Å². The Morgan fingerprint density at radius 3 is 2.25 bits per heavy atom. The first-order chi connectivity index (χ1) is 11.6. The molecule has 128 valence electrons. The topological polar surface area (TPSA) is 52.0 Å². The van der Waals surface area contributed by atoms with Gasteiger partial charge in [-0.1, -0.05) is 36.4 Å². The lowest BCUT2D eigenvalue weighted by Crippen LogP contribution is -3.04. The minimum Gasteiger partial charge on any atom is -0.493 e. The number of ether oxygens (including phenoxy) is 2. The summed E-state index contributed by atoms with van der Waals surface area (Å²) in [6, 6.07) is 15.5. The molecule has 2 N–H and O–H groups in total. The summed E-state index contributed by atoms with van der Waals surface area (Å²) in [7, 11) is 5.81. The van der Waals surface area contributed by atoms with Crippen LogP contribution in [0, 0.1) is 0 Å². The zero-order valence-electron chi connectivity index (χ0n) is 14.5. The van der Waals surface area contributed by atoms with Gasteiger partial charge in [0.25, 0.3) is 5.91 Å². The van der Waals surface area contributed by atoms with Crippen LogP contribution in [0.3, 0.4) is 0 Å². The van der Waals surface area contributed by atoms with Gasteiger partial charge in [0.2, 0.25) is 0 Å². The molecule has 24 heavy (non-hydrogen) atoms. The molecule has 0 aromatic heterocycles. The maximum absolute atomic E-state index is 11.9. The molecule has 0 bridgehead atoms. The molecule has 5 heteroatoms. The van der Waals surface area contributed by atoms with Gasteiger partial charge < -0.3 is 19.7 Å². The molecule has 0 aliphatic carbocycles. The minimum absolute atomic E-state index is 0.0392. The van der Waals surface area contributed by atoms with E-state index in [2.05, 4.69) is 31.5 Å². The number of quaternary nitrogens is 1. The van der Waals surface area contributed by atoms with E-state index in [0.29, 0.717) is 18.0 Å². The third-order valence-electron chi connectivity index (χ3n) is 3.50. The van der Waals surface area contributed by atoms with Gasteiger partial charge in [-0.2, -0.15) is 0 Å². The smallest absolute Gasteiger partial charge is 0.258 e. The minimum atomic E-state index is -0.164. The summed E-state index contributed by atoms with van der Waals surface area (Å²) in [5, 5.41) is 2.86. The second-order valence-corrected chi connectivity index (χ2v) is 5.92. The summed E-state index contributed by atoms with van der Waals surface area (Å²) in [4.78, 5) is 13.3. The van der Waals surface area contributed by atoms with Gasteiger partial charge in [0.15, 0.2) is 18.1 Å². The van der Waals surface area contributed by atoms with Gasteiger partial charge in [0, 0.05) is 12.1 Å². The van der Waals surface area contributed by atoms with Gasteiger partial charge in [-0.15, -0.1) is 0 Å². The Hall–Kier alpha value is -2.53. The maximum atomic E-state index is 11.9. The number of amides is 1. The number of rotatable bonds is 8. The molecule has 0 aliphatic rings. The predicted octanol–water partition coefficient (Wildman–Crippen LogP) is 1.03. The van der Waals surface area contributed by atoms with E-state index in [-0.39, 0.29) is 12.5 Å². The molecule has 1 amide bonds. The quantitative estimate of drug-likeness (QED) is 0.761. The molecule has 2 rings (SSSR count). The van der Waals surface area contributed by atoms with Crippen LogP contribution >= 0.6 is 0 Å². The molecule has 0 unspecified atom stereocenters. The second-order valence-electron chi connectivity index (χ2n) is 5.92. The summed E-state index contributed by atoms with van der Waals surface area (Å²) >= 11 is 0. The predicted molar refractivity (Wildman–Crippen MR) is 93.3 cm³/mol. The third-order valence-corrected chi connectivity index (χ3v) is 3.50.